The Morgan fingerprint density at radius 1 is 1.35 bits per heavy atom. The standard InChI is InChI=1S/C12H13N3O2/c1-15-7-6-11(14-15)13-8-9-2-4-10(5-3-9)12(16)17/h2-7H,8H2,1H3,(H,13,14)(H,16,17). The third-order valence-electron chi connectivity index (χ3n) is 2.39. The highest BCUT2D eigenvalue weighted by molar-refractivity contribution is 5.87. The summed E-state index contributed by atoms with van der Waals surface area (Å²) < 4.78 is 1.72. The molecule has 1 aromatic carbocycles. The van der Waals surface area contributed by atoms with E-state index >= 15 is 0 Å². The number of hydrogen-bond acceptors (Lipinski definition) is 3. The van der Waals surface area contributed by atoms with Gasteiger partial charge in [0.15, 0.2) is 0 Å². The quantitative estimate of drug-likeness (QED) is 0.841. The maximum absolute atomic E-state index is 10.7. The minimum Gasteiger partial charge on any atom is -0.478 e. The van der Waals surface area contributed by atoms with Crippen LogP contribution in [0, 0.1) is 0 Å². The van der Waals surface area contributed by atoms with Crippen LogP contribution in [0.5, 0.6) is 0 Å². The third kappa shape index (κ3) is 2.84. The first kappa shape index (κ1) is 11.2. The lowest BCUT2D eigenvalue weighted by Crippen LogP contribution is -2.02. The molecule has 0 unspecified atom stereocenters. The molecule has 0 aliphatic rings. The molecule has 17 heavy (non-hydrogen) atoms. The summed E-state index contributed by atoms with van der Waals surface area (Å²) in [5.74, 6) is -0.107. The Labute approximate surface area is 98.7 Å². The van der Waals surface area contributed by atoms with Crippen LogP contribution in [0.25, 0.3) is 0 Å². The van der Waals surface area contributed by atoms with E-state index < -0.39 is 5.97 Å². The number of aromatic carboxylic acids is 1. The predicted molar refractivity (Wildman–Crippen MR) is 63.9 cm³/mol. The first-order valence-electron chi connectivity index (χ1n) is 5.21. The number of benzene rings is 1. The molecule has 1 heterocycles. The number of anilines is 1. The first-order chi connectivity index (χ1) is 8.15. The Balaban J connectivity index is 1.97. The number of carboxylic acid groups (broad SMARTS) is 1. The molecule has 0 aliphatic heterocycles. The highest BCUT2D eigenvalue weighted by Gasteiger charge is 2.02. The lowest BCUT2D eigenvalue weighted by molar-refractivity contribution is 0.0697. The number of nitrogens with one attached hydrogen (secondary N) is 1. The van der Waals surface area contributed by atoms with Gasteiger partial charge in [0.1, 0.15) is 5.82 Å². The molecule has 0 saturated carbocycles. The van der Waals surface area contributed by atoms with E-state index in [1.807, 2.05) is 19.3 Å². The van der Waals surface area contributed by atoms with Crippen LogP contribution in [-0.4, -0.2) is 20.9 Å². The second-order valence-corrected chi connectivity index (χ2v) is 3.73. The van der Waals surface area contributed by atoms with Gasteiger partial charge in [0.2, 0.25) is 0 Å². The number of aryl methyl sites for hydroxylation is 1. The smallest absolute Gasteiger partial charge is 0.335 e. The van der Waals surface area contributed by atoms with Gasteiger partial charge in [0, 0.05) is 25.9 Å². The van der Waals surface area contributed by atoms with Gasteiger partial charge in [0.25, 0.3) is 0 Å². The van der Waals surface area contributed by atoms with E-state index in [1.54, 1.807) is 28.9 Å². The summed E-state index contributed by atoms with van der Waals surface area (Å²) >= 11 is 0. The van der Waals surface area contributed by atoms with Crippen molar-refractivity contribution in [3.63, 3.8) is 0 Å². The van der Waals surface area contributed by atoms with Gasteiger partial charge in [-0.1, -0.05) is 12.1 Å². The van der Waals surface area contributed by atoms with Crippen molar-refractivity contribution >= 4 is 11.8 Å². The summed E-state index contributed by atoms with van der Waals surface area (Å²) in [5, 5.41) is 16.1. The Morgan fingerprint density at radius 3 is 2.59 bits per heavy atom. The number of aromatic nitrogens is 2. The van der Waals surface area contributed by atoms with E-state index in [0.717, 1.165) is 11.4 Å². The maximum Gasteiger partial charge on any atom is 0.335 e. The van der Waals surface area contributed by atoms with Crippen LogP contribution < -0.4 is 5.32 Å². The monoisotopic (exact) mass is 231 g/mol. The van der Waals surface area contributed by atoms with Crippen LogP contribution in [0.3, 0.4) is 0 Å². The zero-order valence-electron chi connectivity index (χ0n) is 9.42. The lowest BCUT2D eigenvalue weighted by Gasteiger charge is -2.03. The SMILES string of the molecule is Cn1ccc(NCc2ccc(C(=O)O)cc2)n1. The summed E-state index contributed by atoms with van der Waals surface area (Å²) in [6, 6.07) is 8.65. The zero-order valence-corrected chi connectivity index (χ0v) is 9.42. The summed E-state index contributed by atoms with van der Waals surface area (Å²) in [6.45, 7) is 0.622. The Bertz CT molecular complexity index is 517. The van der Waals surface area contributed by atoms with Crippen LogP contribution in [0.4, 0.5) is 5.82 Å². The highest BCUT2D eigenvalue weighted by atomic mass is 16.4. The van der Waals surface area contributed by atoms with Gasteiger partial charge >= 0.3 is 5.97 Å². The molecule has 0 saturated heterocycles. The van der Waals surface area contributed by atoms with Crippen molar-refractivity contribution in [3.05, 3.63) is 47.7 Å². The highest BCUT2D eigenvalue weighted by Crippen LogP contribution is 2.07. The van der Waals surface area contributed by atoms with E-state index in [1.165, 1.54) is 0 Å². The molecule has 0 bridgehead atoms. The fourth-order valence-corrected chi connectivity index (χ4v) is 1.47. The van der Waals surface area contributed by atoms with Gasteiger partial charge in [-0.3, -0.25) is 4.68 Å². The molecule has 0 amide bonds. The van der Waals surface area contributed by atoms with Crippen LogP contribution >= 0.6 is 0 Å². The molecule has 0 fully saturated rings. The van der Waals surface area contributed by atoms with Crippen molar-refractivity contribution in [2.45, 2.75) is 6.54 Å². The fourth-order valence-electron chi connectivity index (χ4n) is 1.47. The van der Waals surface area contributed by atoms with Crippen molar-refractivity contribution in [2.75, 3.05) is 5.32 Å². The average molecular weight is 231 g/mol. The Morgan fingerprint density at radius 2 is 2.06 bits per heavy atom. The van der Waals surface area contributed by atoms with Crippen molar-refractivity contribution < 1.29 is 9.90 Å². The molecule has 5 heteroatoms. The van der Waals surface area contributed by atoms with E-state index in [-0.39, 0.29) is 0 Å². The van der Waals surface area contributed by atoms with Crippen LogP contribution in [0.2, 0.25) is 0 Å². The molecule has 0 atom stereocenters. The van der Waals surface area contributed by atoms with Crippen LogP contribution in [-0.2, 0) is 13.6 Å². The molecular formula is C12H13N3O2. The van der Waals surface area contributed by atoms with Gasteiger partial charge in [-0.05, 0) is 17.7 Å². The summed E-state index contributed by atoms with van der Waals surface area (Å²) in [6.07, 6.45) is 1.86. The Kier molecular flexibility index (Phi) is 3.09. The molecule has 88 valence electrons. The van der Waals surface area contributed by atoms with Crippen molar-refractivity contribution in [2.24, 2.45) is 7.05 Å². The summed E-state index contributed by atoms with van der Waals surface area (Å²) in [4.78, 5) is 10.7. The van der Waals surface area contributed by atoms with Crippen molar-refractivity contribution in [1.82, 2.24) is 9.78 Å². The second-order valence-electron chi connectivity index (χ2n) is 3.73. The first-order valence-corrected chi connectivity index (χ1v) is 5.21. The summed E-state index contributed by atoms with van der Waals surface area (Å²) in [7, 11) is 1.85. The number of nitrogens with zero attached hydrogens (tertiary/aromatic N) is 2. The predicted octanol–water partition coefficient (Wildman–Crippen LogP) is 1.73. The van der Waals surface area contributed by atoms with Crippen LogP contribution in [0.15, 0.2) is 36.5 Å². The largest absolute Gasteiger partial charge is 0.478 e. The average Bonchev–Trinajstić information content (AvgIpc) is 2.73. The molecule has 2 N–H and O–H groups in total. The topological polar surface area (TPSA) is 67.2 Å². The molecule has 2 aromatic rings. The zero-order chi connectivity index (χ0) is 12.3. The molecule has 0 spiro atoms. The van der Waals surface area contributed by atoms with E-state index in [4.69, 9.17) is 5.11 Å². The number of carboxylic acids is 1. The van der Waals surface area contributed by atoms with Crippen molar-refractivity contribution in [1.29, 1.82) is 0 Å². The number of hydrogen-bond donors (Lipinski definition) is 2. The molecule has 0 aliphatic carbocycles. The minimum absolute atomic E-state index is 0.298. The van der Waals surface area contributed by atoms with Gasteiger partial charge in [-0.25, -0.2) is 4.79 Å². The fraction of sp³-hybridized carbons (Fsp3) is 0.167. The molecular weight excluding hydrogens is 218 g/mol. The van der Waals surface area contributed by atoms with Gasteiger partial charge < -0.3 is 10.4 Å². The number of rotatable bonds is 4. The molecule has 0 radical (unpaired) electrons. The van der Waals surface area contributed by atoms with Gasteiger partial charge in [-0.2, -0.15) is 5.10 Å². The molecule has 5 nitrogen and oxygen atoms in total. The van der Waals surface area contributed by atoms with Crippen molar-refractivity contribution in [3.8, 4) is 0 Å². The Hall–Kier alpha value is -2.30. The van der Waals surface area contributed by atoms with E-state index in [0.29, 0.717) is 12.1 Å². The molecule has 1 aromatic heterocycles. The maximum atomic E-state index is 10.7. The second kappa shape index (κ2) is 4.69. The third-order valence-corrected chi connectivity index (χ3v) is 2.39. The molecule has 2 rings (SSSR count). The minimum atomic E-state index is -0.908. The lowest BCUT2D eigenvalue weighted by atomic mass is 10.1. The number of carbonyl (C=O) groups is 1. The van der Waals surface area contributed by atoms with Gasteiger partial charge in [0.05, 0.1) is 5.56 Å². The normalized spacial score (nSPS) is 10.2. The van der Waals surface area contributed by atoms with E-state index in [9.17, 15) is 4.79 Å². The van der Waals surface area contributed by atoms with Crippen LogP contribution in [0.1, 0.15) is 15.9 Å². The van der Waals surface area contributed by atoms with E-state index in [2.05, 4.69) is 10.4 Å². The summed E-state index contributed by atoms with van der Waals surface area (Å²) in [5.41, 5.74) is 1.31. The van der Waals surface area contributed by atoms with Gasteiger partial charge in [-0.15, -0.1) is 0 Å².